The number of rotatable bonds is 5. The summed E-state index contributed by atoms with van der Waals surface area (Å²) in [6, 6.07) is 14.1. The average molecular weight is 355 g/mol. The molecular formula is C14H15BrN2O2S. The van der Waals surface area contributed by atoms with Crippen LogP contribution in [0.2, 0.25) is 0 Å². The highest BCUT2D eigenvalue weighted by molar-refractivity contribution is 9.10. The van der Waals surface area contributed by atoms with E-state index in [2.05, 4.69) is 20.7 Å². The smallest absolute Gasteiger partial charge is 0.241 e. The Kier molecular flexibility index (Phi) is 4.80. The highest BCUT2D eigenvalue weighted by Gasteiger charge is 2.16. The van der Waals surface area contributed by atoms with E-state index in [0.29, 0.717) is 23.1 Å². The molecule has 20 heavy (non-hydrogen) atoms. The van der Waals surface area contributed by atoms with E-state index in [-0.39, 0.29) is 4.90 Å². The number of anilines is 1. The minimum Gasteiger partial charge on any atom is -0.399 e. The van der Waals surface area contributed by atoms with E-state index < -0.39 is 10.0 Å². The van der Waals surface area contributed by atoms with Crippen LogP contribution >= 0.6 is 15.9 Å². The number of nitrogens with two attached hydrogens (primary N) is 1. The maximum Gasteiger partial charge on any atom is 0.241 e. The molecule has 0 saturated carbocycles. The fraction of sp³-hybridized carbons (Fsp3) is 0.143. The largest absolute Gasteiger partial charge is 0.399 e. The summed E-state index contributed by atoms with van der Waals surface area (Å²) in [6.45, 7) is 0.341. The minimum atomic E-state index is -3.49. The lowest BCUT2D eigenvalue weighted by atomic mass is 10.1. The lowest BCUT2D eigenvalue weighted by molar-refractivity contribution is 0.581. The number of nitrogens with one attached hydrogen (secondary N) is 1. The summed E-state index contributed by atoms with van der Waals surface area (Å²) in [5.74, 6) is 0. The van der Waals surface area contributed by atoms with Crippen molar-refractivity contribution < 1.29 is 8.42 Å². The molecule has 0 saturated heterocycles. The topological polar surface area (TPSA) is 72.2 Å². The fourth-order valence-electron chi connectivity index (χ4n) is 1.75. The molecule has 0 spiro atoms. The molecule has 6 heteroatoms. The third-order valence-corrected chi connectivity index (χ3v) is 5.28. The van der Waals surface area contributed by atoms with Gasteiger partial charge in [-0.15, -0.1) is 0 Å². The number of hydrogen-bond donors (Lipinski definition) is 2. The van der Waals surface area contributed by atoms with Gasteiger partial charge in [-0.1, -0.05) is 24.3 Å². The van der Waals surface area contributed by atoms with Gasteiger partial charge >= 0.3 is 0 Å². The molecule has 4 nitrogen and oxygen atoms in total. The Bertz CT molecular complexity index is 685. The molecular weight excluding hydrogens is 340 g/mol. The van der Waals surface area contributed by atoms with E-state index in [1.54, 1.807) is 36.4 Å². The molecule has 0 atom stereocenters. The van der Waals surface area contributed by atoms with Gasteiger partial charge in [-0.25, -0.2) is 13.1 Å². The fourth-order valence-corrected chi connectivity index (χ4v) is 3.79. The standard InChI is InChI=1S/C14H15BrN2O2S/c15-13-3-1-2-4-14(13)20(18,19)17-10-9-11-5-7-12(16)8-6-11/h1-8,17H,9-10,16H2. The molecule has 0 aliphatic rings. The van der Waals surface area contributed by atoms with Crippen LogP contribution < -0.4 is 10.5 Å². The van der Waals surface area contributed by atoms with Gasteiger partial charge in [0.2, 0.25) is 10.0 Å². The van der Waals surface area contributed by atoms with Crippen molar-refractivity contribution in [3.8, 4) is 0 Å². The van der Waals surface area contributed by atoms with Gasteiger partial charge in [0.15, 0.2) is 0 Å². The first-order valence-electron chi connectivity index (χ1n) is 6.08. The Morgan fingerprint density at radius 2 is 1.70 bits per heavy atom. The van der Waals surface area contributed by atoms with Gasteiger partial charge in [-0.05, 0) is 52.2 Å². The Morgan fingerprint density at radius 1 is 1.05 bits per heavy atom. The molecule has 0 amide bonds. The average Bonchev–Trinajstić information content (AvgIpc) is 2.41. The number of halogens is 1. The first-order valence-corrected chi connectivity index (χ1v) is 8.35. The van der Waals surface area contributed by atoms with Gasteiger partial charge in [0, 0.05) is 16.7 Å². The molecule has 0 aromatic heterocycles. The van der Waals surface area contributed by atoms with Crippen LogP contribution in [0.5, 0.6) is 0 Å². The van der Waals surface area contributed by atoms with Crippen molar-refractivity contribution in [2.75, 3.05) is 12.3 Å². The van der Waals surface area contributed by atoms with Crippen LogP contribution in [0.25, 0.3) is 0 Å². The normalized spacial score (nSPS) is 11.4. The lowest BCUT2D eigenvalue weighted by Gasteiger charge is -2.08. The van der Waals surface area contributed by atoms with Gasteiger partial charge in [0.25, 0.3) is 0 Å². The van der Waals surface area contributed by atoms with Gasteiger partial charge in [0.05, 0.1) is 4.90 Å². The van der Waals surface area contributed by atoms with Gasteiger partial charge in [-0.2, -0.15) is 0 Å². The number of sulfonamides is 1. The first-order chi connectivity index (χ1) is 9.49. The quantitative estimate of drug-likeness (QED) is 0.810. The van der Waals surface area contributed by atoms with E-state index >= 15 is 0 Å². The molecule has 2 rings (SSSR count). The van der Waals surface area contributed by atoms with Gasteiger partial charge in [-0.3, -0.25) is 0 Å². The summed E-state index contributed by atoms with van der Waals surface area (Å²) >= 11 is 3.24. The summed E-state index contributed by atoms with van der Waals surface area (Å²) in [5, 5.41) is 0. The Labute approximate surface area is 127 Å². The van der Waals surface area contributed by atoms with Gasteiger partial charge < -0.3 is 5.73 Å². The lowest BCUT2D eigenvalue weighted by Crippen LogP contribution is -2.26. The Hall–Kier alpha value is -1.37. The second-order valence-corrected chi connectivity index (χ2v) is 6.91. The van der Waals surface area contributed by atoms with E-state index in [4.69, 9.17) is 5.73 Å². The van der Waals surface area contributed by atoms with Crippen molar-refractivity contribution >= 4 is 31.6 Å². The van der Waals surface area contributed by atoms with Crippen molar-refractivity contribution in [3.05, 3.63) is 58.6 Å². The van der Waals surface area contributed by atoms with Gasteiger partial charge in [0.1, 0.15) is 0 Å². The van der Waals surface area contributed by atoms with Crippen molar-refractivity contribution in [3.63, 3.8) is 0 Å². The summed E-state index contributed by atoms with van der Waals surface area (Å²) in [7, 11) is -3.49. The van der Waals surface area contributed by atoms with Crippen LogP contribution in [0.1, 0.15) is 5.56 Å². The van der Waals surface area contributed by atoms with Crippen LogP contribution in [-0.2, 0) is 16.4 Å². The molecule has 106 valence electrons. The molecule has 0 aliphatic heterocycles. The molecule has 0 unspecified atom stereocenters. The number of nitrogen functional groups attached to an aromatic ring is 1. The highest BCUT2D eigenvalue weighted by atomic mass is 79.9. The zero-order valence-corrected chi connectivity index (χ0v) is 13.1. The van der Waals surface area contributed by atoms with Crippen molar-refractivity contribution in [1.82, 2.24) is 4.72 Å². The van der Waals surface area contributed by atoms with Crippen molar-refractivity contribution in [2.45, 2.75) is 11.3 Å². The third-order valence-electron chi connectivity index (χ3n) is 2.81. The molecule has 2 aromatic carbocycles. The summed E-state index contributed by atoms with van der Waals surface area (Å²) in [6.07, 6.45) is 0.615. The zero-order chi connectivity index (χ0) is 14.6. The number of hydrogen-bond acceptors (Lipinski definition) is 3. The molecule has 2 aromatic rings. The Morgan fingerprint density at radius 3 is 2.35 bits per heavy atom. The summed E-state index contributed by atoms with van der Waals surface area (Å²) in [5.41, 5.74) is 7.33. The Balaban J connectivity index is 2.00. The molecule has 0 bridgehead atoms. The van der Waals surface area contributed by atoms with Crippen LogP contribution in [0, 0.1) is 0 Å². The predicted octanol–water partition coefficient (Wildman–Crippen LogP) is 2.55. The highest BCUT2D eigenvalue weighted by Crippen LogP contribution is 2.20. The van der Waals surface area contributed by atoms with E-state index in [1.807, 2.05) is 12.1 Å². The molecule has 3 N–H and O–H groups in total. The van der Waals surface area contributed by atoms with Crippen LogP contribution in [0.15, 0.2) is 57.9 Å². The predicted molar refractivity (Wildman–Crippen MR) is 83.9 cm³/mol. The summed E-state index contributed by atoms with van der Waals surface area (Å²) < 4.78 is 27.4. The van der Waals surface area contributed by atoms with E-state index in [1.165, 1.54) is 0 Å². The van der Waals surface area contributed by atoms with E-state index in [0.717, 1.165) is 5.56 Å². The zero-order valence-electron chi connectivity index (χ0n) is 10.7. The second-order valence-electron chi connectivity index (χ2n) is 4.32. The van der Waals surface area contributed by atoms with Crippen LogP contribution in [0.3, 0.4) is 0 Å². The van der Waals surface area contributed by atoms with Crippen molar-refractivity contribution in [2.24, 2.45) is 0 Å². The monoisotopic (exact) mass is 354 g/mol. The second kappa shape index (κ2) is 6.39. The molecule has 0 fully saturated rings. The maximum absolute atomic E-state index is 12.1. The maximum atomic E-state index is 12.1. The van der Waals surface area contributed by atoms with Crippen LogP contribution in [0.4, 0.5) is 5.69 Å². The SMILES string of the molecule is Nc1ccc(CCNS(=O)(=O)c2ccccc2Br)cc1. The first kappa shape index (κ1) is 15.0. The number of benzene rings is 2. The molecule has 0 heterocycles. The molecule has 0 radical (unpaired) electrons. The molecule has 0 aliphatic carbocycles. The minimum absolute atomic E-state index is 0.248. The van der Waals surface area contributed by atoms with Crippen molar-refractivity contribution in [1.29, 1.82) is 0 Å². The summed E-state index contributed by atoms with van der Waals surface area (Å²) in [4.78, 5) is 0.248. The van der Waals surface area contributed by atoms with E-state index in [9.17, 15) is 8.42 Å². The third kappa shape index (κ3) is 3.82. The van der Waals surface area contributed by atoms with Crippen LogP contribution in [-0.4, -0.2) is 15.0 Å².